The van der Waals surface area contributed by atoms with Gasteiger partial charge in [0.15, 0.2) is 0 Å². The van der Waals surface area contributed by atoms with E-state index in [1.54, 1.807) is 18.2 Å². The van der Waals surface area contributed by atoms with E-state index in [4.69, 9.17) is 11.6 Å². The monoisotopic (exact) mass is 227 g/mol. The second-order valence-corrected chi connectivity index (χ2v) is 3.54. The molecule has 0 spiro atoms. The molecule has 0 radical (unpaired) electrons. The molecule has 1 rings (SSSR count). The maximum Gasteiger partial charge on any atom is 0.340 e. The fourth-order valence-corrected chi connectivity index (χ4v) is 1.38. The second-order valence-electron chi connectivity index (χ2n) is 3.11. The van der Waals surface area contributed by atoms with Crippen LogP contribution < -0.4 is 5.32 Å². The first-order valence-corrected chi connectivity index (χ1v) is 5.18. The highest BCUT2D eigenvalue weighted by atomic mass is 35.5. The highest BCUT2D eigenvalue weighted by Crippen LogP contribution is 2.21. The fourth-order valence-electron chi connectivity index (χ4n) is 1.21. The predicted molar refractivity (Wildman–Crippen MR) is 61.6 cm³/mol. The number of rotatable bonds is 4. The molecule has 1 aromatic carbocycles. The van der Waals surface area contributed by atoms with E-state index in [9.17, 15) is 4.79 Å². The Balaban J connectivity index is 2.97. The number of carbonyl (C=O) groups is 1. The summed E-state index contributed by atoms with van der Waals surface area (Å²) in [6, 6.07) is 5.13. The van der Waals surface area contributed by atoms with Gasteiger partial charge in [-0.2, -0.15) is 0 Å². The minimum Gasteiger partial charge on any atom is -0.465 e. The fraction of sp³-hybridized carbons (Fsp3) is 0.364. The predicted octanol–water partition coefficient (Wildman–Crippen LogP) is 2.95. The Hall–Kier alpha value is -1.22. The van der Waals surface area contributed by atoms with Crippen LogP contribution in [-0.2, 0) is 4.74 Å². The lowest BCUT2D eigenvalue weighted by Crippen LogP contribution is -2.08. The maximum atomic E-state index is 11.4. The molecule has 1 N–H and O–H groups in total. The Bertz CT molecular complexity index is 352. The molecule has 0 aliphatic carbocycles. The molecule has 3 nitrogen and oxygen atoms in total. The number of hydrogen-bond donors (Lipinski definition) is 1. The Morgan fingerprint density at radius 3 is 2.87 bits per heavy atom. The summed E-state index contributed by atoms with van der Waals surface area (Å²) in [5.41, 5.74) is 1.23. The average Bonchev–Trinajstić information content (AvgIpc) is 2.26. The van der Waals surface area contributed by atoms with E-state index in [-0.39, 0.29) is 5.97 Å². The van der Waals surface area contributed by atoms with Crippen LogP contribution in [0.4, 0.5) is 5.69 Å². The lowest BCUT2D eigenvalue weighted by molar-refractivity contribution is 0.0602. The summed E-state index contributed by atoms with van der Waals surface area (Å²) in [5, 5.41) is 3.67. The number of nitrogens with one attached hydrogen (secondary N) is 1. The molecule has 0 amide bonds. The number of ether oxygens (including phenoxy) is 1. The number of methoxy groups -OCH3 is 1. The minimum atomic E-state index is -0.379. The summed E-state index contributed by atoms with van der Waals surface area (Å²) in [6.07, 6.45) is 0.989. The van der Waals surface area contributed by atoms with Crippen molar-refractivity contribution < 1.29 is 9.53 Å². The molecule has 0 fully saturated rings. The number of benzene rings is 1. The summed E-state index contributed by atoms with van der Waals surface area (Å²) < 4.78 is 4.67. The third kappa shape index (κ3) is 3.13. The molecular weight excluding hydrogens is 214 g/mol. The molecule has 0 bridgehead atoms. The van der Waals surface area contributed by atoms with Gasteiger partial charge in [-0.05, 0) is 24.6 Å². The van der Waals surface area contributed by atoms with Gasteiger partial charge in [-0.1, -0.05) is 18.5 Å². The first-order valence-electron chi connectivity index (χ1n) is 4.80. The van der Waals surface area contributed by atoms with Crippen LogP contribution in [-0.4, -0.2) is 19.6 Å². The van der Waals surface area contributed by atoms with Crippen molar-refractivity contribution in [2.75, 3.05) is 19.0 Å². The van der Waals surface area contributed by atoms with E-state index < -0.39 is 0 Å². The van der Waals surface area contributed by atoms with E-state index in [2.05, 4.69) is 17.0 Å². The number of anilines is 1. The molecule has 0 heterocycles. The Morgan fingerprint density at radius 1 is 1.53 bits per heavy atom. The van der Waals surface area contributed by atoms with Crippen LogP contribution >= 0.6 is 11.6 Å². The molecule has 0 aromatic heterocycles. The molecule has 0 atom stereocenters. The van der Waals surface area contributed by atoms with Crippen molar-refractivity contribution in [3.05, 3.63) is 28.8 Å². The summed E-state index contributed by atoms with van der Waals surface area (Å²) in [7, 11) is 1.35. The van der Waals surface area contributed by atoms with Gasteiger partial charge in [-0.15, -0.1) is 0 Å². The molecule has 4 heteroatoms. The smallest absolute Gasteiger partial charge is 0.340 e. The molecule has 0 saturated heterocycles. The molecule has 0 unspecified atom stereocenters. The number of esters is 1. The number of carbonyl (C=O) groups excluding carboxylic acids is 1. The molecule has 0 aliphatic rings. The Kier molecular flexibility index (Phi) is 4.43. The van der Waals surface area contributed by atoms with Crippen LogP contribution in [0.2, 0.25) is 5.02 Å². The van der Waals surface area contributed by atoms with Gasteiger partial charge in [0.2, 0.25) is 0 Å². The van der Waals surface area contributed by atoms with Gasteiger partial charge in [0.1, 0.15) is 0 Å². The molecule has 0 aliphatic heterocycles. The summed E-state index contributed by atoms with van der Waals surface area (Å²) in [5.74, 6) is -0.379. The largest absolute Gasteiger partial charge is 0.465 e. The van der Waals surface area contributed by atoms with Crippen molar-refractivity contribution in [1.29, 1.82) is 0 Å². The molecule has 0 saturated carbocycles. The first kappa shape index (κ1) is 11.9. The summed E-state index contributed by atoms with van der Waals surface area (Å²) in [6.45, 7) is 2.87. The van der Waals surface area contributed by atoms with Gasteiger partial charge in [0, 0.05) is 17.3 Å². The summed E-state index contributed by atoms with van der Waals surface area (Å²) in [4.78, 5) is 11.4. The van der Waals surface area contributed by atoms with Gasteiger partial charge in [0.05, 0.1) is 12.7 Å². The number of halogens is 1. The van der Waals surface area contributed by atoms with Crippen LogP contribution in [0.15, 0.2) is 18.2 Å². The first-order chi connectivity index (χ1) is 7.19. The standard InChI is InChI=1S/C11H14ClNO2/c1-3-6-13-10-5-4-8(12)7-9(10)11(14)15-2/h4-5,7,13H,3,6H2,1-2H3. The van der Waals surface area contributed by atoms with Gasteiger partial charge in [-0.25, -0.2) is 4.79 Å². The molecule has 82 valence electrons. The molecule has 1 aromatic rings. The summed E-state index contributed by atoms with van der Waals surface area (Å²) >= 11 is 5.82. The van der Waals surface area contributed by atoms with Crippen molar-refractivity contribution in [2.45, 2.75) is 13.3 Å². The van der Waals surface area contributed by atoms with Crippen molar-refractivity contribution in [3.63, 3.8) is 0 Å². The lowest BCUT2D eigenvalue weighted by Gasteiger charge is -2.09. The Labute approximate surface area is 94.4 Å². The highest BCUT2D eigenvalue weighted by Gasteiger charge is 2.11. The zero-order chi connectivity index (χ0) is 11.3. The van der Waals surface area contributed by atoms with Crippen LogP contribution in [0.1, 0.15) is 23.7 Å². The maximum absolute atomic E-state index is 11.4. The van der Waals surface area contributed by atoms with E-state index in [0.717, 1.165) is 18.7 Å². The average molecular weight is 228 g/mol. The normalized spacial score (nSPS) is 9.80. The Morgan fingerprint density at radius 2 is 2.27 bits per heavy atom. The van der Waals surface area contributed by atoms with E-state index >= 15 is 0 Å². The van der Waals surface area contributed by atoms with Crippen molar-refractivity contribution in [2.24, 2.45) is 0 Å². The highest BCUT2D eigenvalue weighted by molar-refractivity contribution is 6.31. The van der Waals surface area contributed by atoms with Gasteiger partial charge >= 0.3 is 5.97 Å². The second kappa shape index (κ2) is 5.61. The van der Waals surface area contributed by atoms with E-state index in [1.807, 2.05) is 0 Å². The van der Waals surface area contributed by atoms with Crippen molar-refractivity contribution >= 4 is 23.3 Å². The van der Waals surface area contributed by atoms with Crippen molar-refractivity contribution in [1.82, 2.24) is 0 Å². The van der Waals surface area contributed by atoms with Crippen LogP contribution in [0, 0.1) is 0 Å². The quantitative estimate of drug-likeness (QED) is 0.804. The lowest BCUT2D eigenvalue weighted by atomic mass is 10.1. The van der Waals surface area contributed by atoms with Crippen LogP contribution in [0.3, 0.4) is 0 Å². The van der Waals surface area contributed by atoms with Crippen LogP contribution in [0.5, 0.6) is 0 Å². The number of hydrogen-bond acceptors (Lipinski definition) is 3. The molecule has 15 heavy (non-hydrogen) atoms. The SMILES string of the molecule is CCCNc1ccc(Cl)cc1C(=O)OC. The van der Waals surface area contributed by atoms with Crippen LogP contribution in [0.25, 0.3) is 0 Å². The van der Waals surface area contributed by atoms with Gasteiger partial charge < -0.3 is 10.1 Å². The third-order valence-electron chi connectivity index (χ3n) is 1.95. The zero-order valence-electron chi connectivity index (χ0n) is 8.84. The van der Waals surface area contributed by atoms with Gasteiger partial charge in [-0.3, -0.25) is 0 Å². The van der Waals surface area contributed by atoms with Gasteiger partial charge in [0.25, 0.3) is 0 Å². The molecular formula is C11H14ClNO2. The van der Waals surface area contributed by atoms with E-state index in [0.29, 0.717) is 10.6 Å². The topological polar surface area (TPSA) is 38.3 Å². The minimum absolute atomic E-state index is 0.379. The van der Waals surface area contributed by atoms with E-state index in [1.165, 1.54) is 7.11 Å². The third-order valence-corrected chi connectivity index (χ3v) is 2.19. The zero-order valence-corrected chi connectivity index (χ0v) is 9.60. The van der Waals surface area contributed by atoms with Crippen molar-refractivity contribution in [3.8, 4) is 0 Å².